The number of nitrogens with two attached hydrogens (primary N) is 1. The number of fused-ring (bicyclic) bond motifs is 1. The number of carbonyl (C=O) groups is 1. The number of hydrogen-bond acceptors (Lipinski definition) is 5. The molecular weight excluding hydrogens is 343 g/mol. The maximum atomic E-state index is 11.8. The Morgan fingerprint density at radius 3 is 2.74 bits per heavy atom. The highest BCUT2D eigenvalue weighted by Gasteiger charge is 2.49. The minimum Gasteiger partial charge on any atom is -0.480 e. The second-order valence-electron chi connectivity index (χ2n) is 8.38. The van der Waals surface area contributed by atoms with Gasteiger partial charge in [-0.1, -0.05) is 30.7 Å². The van der Waals surface area contributed by atoms with Gasteiger partial charge in [-0.05, 0) is 74.4 Å². The van der Waals surface area contributed by atoms with E-state index in [9.17, 15) is 9.90 Å². The van der Waals surface area contributed by atoms with Gasteiger partial charge < -0.3 is 26.2 Å². The van der Waals surface area contributed by atoms with Crippen molar-refractivity contribution in [1.29, 1.82) is 0 Å². The molecule has 6 N–H and O–H groups in total. The molecule has 0 spiro atoms. The summed E-state index contributed by atoms with van der Waals surface area (Å²) in [6, 6.07) is 9.00. The van der Waals surface area contributed by atoms with Crippen molar-refractivity contribution in [2.45, 2.75) is 62.8 Å². The van der Waals surface area contributed by atoms with E-state index in [0.29, 0.717) is 25.3 Å². The van der Waals surface area contributed by atoms with Crippen LogP contribution in [0.4, 0.5) is 0 Å². The first-order valence-corrected chi connectivity index (χ1v) is 10.1. The Morgan fingerprint density at radius 1 is 1.30 bits per heavy atom. The van der Waals surface area contributed by atoms with E-state index in [2.05, 4.69) is 29.6 Å². The summed E-state index contributed by atoms with van der Waals surface area (Å²) in [7, 11) is -1.34. The molecule has 2 aliphatic carbocycles. The summed E-state index contributed by atoms with van der Waals surface area (Å²) in [5.74, 6) is -0.814. The van der Waals surface area contributed by atoms with Crippen LogP contribution in [0.25, 0.3) is 0 Å². The number of nitrogens with one attached hydrogen (secondary N) is 1. The molecule has 1 saturated carbocycles. The normalized spacial score (nSPS) is 30.1. The van der Waals surface area contributed by atoms with E-state index in [1.165, 1.54) is 11.1 Å². The Bertz CT molecular complexity index is 657. The molecule has 1 unspecified atom stereocenters. The van der Waals surface area contributed by atoms with Crippen LogP contribution < -0.4 is 11.1 Å². The SMILES string of the molecule is N[C@@]1(C(=O)O)C[C@@H](CNC2CCc3ccccc3C2)C[C@@H]1CCCB(O)O. The Labute approximate surface area is 161 Å². The fourth-order valence-electron chi connectivity index (χ4n) is 4.89. The van der Waals surface area contributed by atoms with E-state index in [-0.39, 0.29) is 18.2 Å². The quantitative estimate of drug-likeness (QED) is 0.437. The monoisotopic (exact) mass is 374 g/mol. The highest BCUT2D eigenvalue weighted by Crippen LogP contribution is 2.41. The Morgan fingerprint density at radius 2 is 2.04 bits per heavy atom. The van der Waals surface area contributed by atoms with Gasteiger partial charge in [-0.3, -0.25) is 4.79 Å². The maximum absolute atomic E-state index is 11.8. The van der Waals surface area contributed by atoms with E-state index < -0.39 is 18.6 Å². The van der Waals surface area contributed by atoms with E-state index >= 15 is 0 Å². The van der Waals surface area contributed by atoms with Crippen LogP contribution >= 0.6 is 0 Å². The molecule has 27 heavy (non-hydrogen) atoms. The van der Waals surface area contributed by atoms with Crippen molar-refractivity contribution in [3.8, 4) is 0 Å². The van der Waals surface area contributed by atoms with Gasteiger partial charge in [0, 0.05) is 6.04 Å². The molecule has 1 aromatic rings. The van der Waals surface area contributed by atoms with Crippen LogP contribution in [-0.2, 0) is 17.6 Å². The van der Waals surface area contributed by atoms with Gasteiger partial charge in [-0.15, -0.1) is 0 Å². The van der Waals surface area contributed by atoms with Gasteiger partial charge in [0.25, 0.3) is 0 Å². The molecule has 0 heterocycles. The van der Waals surface area contributed by atoms with E-state index in [0.717, 1.165) is 32.2 Å². The molecule has 0 bridgehead atoms. The van der Waals surface area contributed by atoms with Gasteiger partial charge in [-0.2, -0.15) is 0 Å². The minimum atomic E-state index is -1.34. The maximum Gasteiger partial charge on any atom is 0.451 e. The van der Waals surface area contributed by atoms with Gasteiger partial charge in [0.05, 0.1) is 0 Å². The molecule has 0 aliphatic heterocycles. The number of aryl methyl sites for hydroxylation is 1. The van der Waals surface area contributed by atoms with Gasteiger partial charge in [0.2, 0.25) is 0 Å². The van der Waals surface area contributed by atoms with Crippen LogP contribution in [-0.4, -0.2) is 46.4 Å². The molecule has 6 nitrogen and oxygen atoms in total. The molecule has 1 fully saturated rings. The molecule has 4 atom stereocenters. The van der Waals surface area contributed by atoms with E-state index in [1.807, 2.05) is 0 Å². The summed E-state index contributed by atoms with van der Waals surface area (Å²) in [4.78, 5) is 11.8. The summed E-state index contributed by atoms with van der Waals surface area (Å²) in [5.41, 5.74) is 7.92. The standard InChI is InChI=1S/C20H31BN2O4/c22-20(19(24)25)12-14(10-17(20)6-3-9-21(26)27)13-23-18-8-7-15-4-1-2-5-16(15)11-18/h1-2,4-5,14,17-18,23,26-27H,3,6-13,22H2,(H,24,25)/t14-,17-,18?,20-/m0/s1. The predicted molar refractivity (Wildman–Crippen MR) is 105 cm³/mol. The molecule has 3 rings (SSSR count). The Hall–Kier alpha value is -1.41. The lowest BCUT2D eigenvalue weighted by atomic mass is 9.78. The number of hydrogen-bond donors (Lipinski definition) is 5. The zero-order valence-corrected chi connectivity index (χ0v) is 15.8. The number of benzene rings is 1. The molecule has 0 aromatic heterocycles. The summed E-state index contributed by atoms with van der Waals surface area (Å²) >= 11 is 0. The molecule has 2 aliphatic rings. The van der Waals surface area contributed by atoms with Crippen molar-refractivity contribution in [2.75, 3.05) is 6.54 Å². The third kappa shape index (κ3) is 4.91. The van der Waals surface area contributed by atoms with Crippen LogP contribution in [0.5, 0.6) is 0 Å². The van der Waals surface area contributed by atoms with E-state index in [1.54, 1.807) is 0 Å². The fraction of sp³-hybridized carbons (Fsp3) is 0.650. The first kappa shape index (κ1) is 20.3. The predicted octanol–water partition coefficient (Wildman–Crippen LogP) is 1.19. The van der Waals surface area contributed by atoms with Gasteiger partial charge in [0.1, 0.15) is 5.54 Å². The van der Waals surface area contributed by atoms with Crippen molar-refractivity contribution >= 4 is 13.1 Å². The average molecular weight is 374 g/mol. The third-order valence-electron chi connectivity index (χ3n) is 6.43. The second-order valence-corrected chi connectivity index (χ2v) is 8.38. The molecule has 7 heteroatoms. The van der Waals surface area contributed by atoms with Crippen LogP contribution in [0.2, 0.25) is 6.32 Å². The molecular formula is C20H31BN2O4. The zero-order valence-electron chi connectivity index (χ0n) is 15.8. The number of carboxylic acid groups (broad SMARTS) is 1. The first-order valence-electron chi connectivity index (χ1n) is 10.1. The Balaban J connectivity index is 1.52. The lowest BCUT2D eigenvalue weighted by Crippen LogP contribution is -2.51. The molecule has 0 radical (unpaired) electrons. The highest BCUT2D eigenvalue weighted by atomic mass is 16.4. The molecule has 148 valence electrons. The molecule has 1 aromatic carbocycles. The van der Waals surface area contributed by atoms with Crippen molar-refractivity contribution < 1.29 is 19.9 Å². The largest absolute Gasteiger partial charge is 0.480 e. The summed E-state index contributed by atoms with van der Waals surface area (Å²) in [6.07, 6.45) is 5.92. The van der Waals surface area contributed by atoms with Crippen LogP contribution in [0, 0.1) is 11.8 Å². The number of rotatable bonds is 8. The fourth-order valence-corrected chi connectivity index (χ4v) is 4.89. The van der Waals surface area contributed by atoms with Crippen molar-refractivity contribution in [3.63, 3.8) is 0 Å². The van der Waals surface area contributed by atoms with Gasteiger partial charge in [0.15, 0.2) is 0 Å². The van der Waals surface area contributed by atoms with Crippen LogP contribution in [0.15, 0.2) is 24.3 Å². The van der Waals surface area contributed by atoms with Crippen molar-refractivity contribution in [1.82, 2.24) is 5.32 Å². The van der Waals surface area contributed by atoms with Crippen molar-refractivity contribution in [2.24, 2.45) is 17.6 Å². The average Bonchev–Trinajstić information content (AvgIpc) is 2.97. The Kier molecular flexibility index (Phi) is 6.58. The summed E-state index contributed by atoms with van der Waals surface area (Å²) < 4.78 is 0. The van der Waals surface area contributed by atoms with Gasteiger partial charge >= 0.3 is 13.1 Å². The van der Waals surface area contributed by atoms with Crippen LogP contribution in [0.3, 0.4) is 0 Å². The van der Waals surface area contributed by atoms with E-state index in [4.69, 9.17) is 15.8 Å². The van der Waals surface area contributed by atoms with Gasteiger partial charge in [-0.25, -0.2) is 0 Å². The first-order chi connectivity index (χ1) is 12.9. The lowest BCUT2D eigenvalue weighted by Gasteiger charge is -2.27. The van der Waals surface area contributed by atoms with Crippen molar-refractivity contribution in [3.05, 3.63) is 35.4 Å². The zero-order chi connectivity index (χ0) is 19.4. The summed E-state index contributed by atoms with van der Waals surface area (Å²) in [5, 5.41) is 31.3. The molecule has 0 amide bonds. The smallest absolute Gasteiger partial charge is 0.451 e. The third-order valence-corrected chi connectivity index (χ3v) is 6.43. The minimum absolute atomic E-state index is 0.118. The lowest BCUT2D eigenvalue weighted by molar-refractivity contribution is -0.145. The topological polar surface area (TPSA) is 116 Å². The highest BCUT2D eigenvalue weighted by molar-refractivity contribution is 6.40. The summed E-state index contributed by atoms with van der Waals surface area (Å²) in [6.45, 7) is 0.790. The number of aliphatic carboxylic acids is 1. The van der Waals surface area contributed by atoms with Crippen LogP contribution in [0.1, 0.15) is 43.2 Å². The number of carboxylic acids is 1. The molecule has 0 saturated heterocycles. The second kappa shape index (κ2) is 8.73.